The first-order valence-electron chi connectivity index (χ1n) is 6.43. The van der Waals surface area contributed by atoms with E-state index in [4.69, 9.17) is 9.52 Å². The molecule has 2 unspecified atom stereocenters. The Kier molecular flexibility index (Phi) is 3.99. The highest BCUT2D eigenvalue weighted by molar-refractivity contribution is 5.83. The van der Waals surface area contributed by atoms with Crippen molar-refractivity contribution in [2.45, 2.75) is 38.5 Å². The van der Waals surface area contributed by atoms with Crippen molar-refractivity contribution in [1.29, 1.82) is 0 Å². The molecule has 1 fully saturated rings. The number of β-amino-alcohol motifs (C(OH)–C–C–N with tert-alkyl or cyclic N) is 1. The Bertz CT molecular complexity index is 513. The van der Waals surface area contributed by atoms with Gasteiger partial charge in [-0.05, 0) is 26.0 Å². The molecule has 0 bridgehead atoms. The summed E-state index contributed by atoms with van der Waals surface area (Å²) < 4.78 is 5.41. The maximum Gasteiger partial charge on any atom is 0.326 e. The number of aliphatic hydroxyl groups is 1. The molecular weight excluding hydrogens is 264 g/mol. The molecule has 110 valence electrons. The summed E-state index contributed by atoms with van der Waals surface area (Å²) in [5, 5.41) is 21.2. The van der Waals surface area contributed by atoms with Gasteiger partial charge in [0.25, 0.3) is 0 Å². The van der Waals surface area contributed by atoms with E-state index in [2.05, 4.69) is 5.32 Å². The van der Waals surface area contributed by atoms with Crippen molar-refractivity contribution in [3.63, 3.8) is 0 Å². The minimum Gasteiger partial charge on any atom is -0.480 e. The van der Waals surface area contributed by atoms with E-state index in [9.17, 15) is 14.7 Å². The van der Waals surface area contributed by atoms with Crippen LogP contribution in [0.25, 0.3) is 0 Å². The van der Waals surface area contributed by atoms with Gasteiger partial charge in [-0.1, -0.05) is 0 Å². The lowest BCUT2D eigenvalue weighted by molar-refractivity contribution is -0.141. The van der Waals surface area contributed by atoms with Crippen LogP contribution in [0, 0.1) is 6.92 Å². The van der Waals surface area contributed by atoms with Gasteiger partial charge in [-0.2, -0.15) is 0 Å². The molecular formula is C13H18N2O5. The van der Waals surface area contributed by atoms with Crippen LogP contribution in [0.3, 0.4) is 0 Å². The standard InChI is InChI=1S/C13H18N2O5/c1-7-3-4-11(20-7)8(2)14-13(19)15-6-9(16)5-10(15)12(17)18/h3-4,8-10,16H,5-6H2,1-2H3,(H,14,19)(H,17,18)/t8?,9?,10-/m0/s1. The van der Waals surface area contributed by atoms with E-state index in [1.807, 2.05) is 0 Å². The maximum absolute atomic E-state index is 12.1. The number of hydrogen-bond donors (Lipinski definition) is 3. The van der Waals surface area contributed by atoms with Crippen LogP contribution in [0.5, 0.6) is 0 Å². The molecule has 2 amide bonds. The van der Waals surface area contributed by atoms with E-state index in [-0.39, 0.29) is 19.0 Å². The summed E-state index contributed by atoms with van der Waals surface area (Å²) in [5.74, 6) is 0.224. The van der Waals surface area contributed by atoms with Crippen molar-refractivity contribution >= 4 is 12.0 Å². The molecule has 1 aromatic heterocycles. The van der Waals surface area contributed by atoms with E-state index in [1.54, 1.807) is 26.0 Å². The summed E-state index contributed by atoms with van der Waals surface area (Å²) in [7, 11) is 0. The van der Waals surface area contributed by atoms with Gasteiger partial charge in [-0.3, -0.25) is 0 Å². The van der Waals surface area contributed by atoms with Gasteiger partial charge in [0.15, 0.2) is 0 Å². The van der Waals surface area contributed by atoms with Crippen molar-refractivity contribution in [1.82, 2.24) is 10.2 Å². The van der Waals surface area contributed by atoms with E-state index in [1.165, 1.54) is 0 Å². The van der Waals surface area contributed by atoms with Crippen LogP contribution in [0.1, 0.15) is 30.9 Å². The van der Waals surface area contributed by atoms with E-state index in [0.29, 0.717) is 5.76 Å². The molecule has 0 aliphatic carbocycles. The summed E-state index contributed by atoms with van der Waals surface area (Å²) in [6.07, 6.45) is -0.750. The molecule has 7 heteroatoms. The Balaban J connectivity index is 2.02. The molecule has 0 radical (unpaired) electrons. The number of carboxylic acids is 1. The van der Waals surface area contributed by atoms with Gasteiger partial charge in [0.2, 0.25) is 0 Å². The maximum atomic E-state index is 12.1. The van der Waals surface area contributed by atoms with Crippen LogP contribution in [0.2, 0.25) is 0 Å². The Morgan fingerprint density at radius 2 is 2.20 bits per heavy atom. The number of aryl methyl sites for hydroxylation is 1. The number of urea groups is 1. The number of amides is 2. The monoisotopic (exact) mass is 282 g/mol. The molecule has 1 aromatic rings. The third-order valence-corrected chi connectivity index (χ3v) is 3.35. The number of carbonyl (C=O) groups is 2. The number of hydrogen-bond acceptors (Lipinski definition) is 4. The number of carboxylic acid groups (broad SMARTS) is 1. The smallest absolute Gasteiger partial charge is 0.326 e. The normalized spacial score (nSPS) is 23.6. The Labute approximate surface area is 116 Å². The van der Waals surface area contributed by atoms with Crippen LogP contribution in [-0.4, -0.2) is 45.8 Å². The third-order valence-electron chi connectivity index (χ3n) is 3.35. The van der Waals surface area contributed by atoms with E-state index in [0.717, 1.165) is 10.7 Å². The molecule has 7 nitrogen and oxygen atoms in total. The zero-order chi connectivity index (χ0) is 14.9. The number of furan rings is 1. The van der Waals surface area contributed by atoms with Crippen LogP contribution in [0.15, 0.2) is 16.5 Å². The molecule has 20 heavy (non-hydrogen) atoms. The molecule has 3 atom stereocenters. The van der Waals surface area contributed by atoms with Crippen molar-refractivity contribution in [3.05, 3.63) is 23.7 Å². The fourth-order valence-corrected chi connectivity index (χ4v) is 2.30. The summed E-state index contributed by atoms with van der Waals surface area (Å²) in [5.41, 5.74) is 0. The fraction of sp³-hybridized carbons (Fsp3) is 0.538. The van der Waals surface area contributed by atoms with Crippen LogP contribution in [-0.2, 0) is 4.79 Å². The molecule has 0 aromatic carbocycles. The number of nitrogens with zero attached hydrogens (tertiary/aromatic N) is 1. The average molecular weight is 282 g/mol. The zero-order valence-corrected chi connectivity index (χ0v) is 11.4. The first-order chi connectivity index (χ1) is 9.38. The highest BCUT2D eigenvalue weighted by Crippen LogP contribution is 2.20. The molecule has 1 saturated heterocycles. The molecule has 1 aliphatic heterocycles. The van der Waals surface area contributed by atoms with Crippen molar-refractivity contribution in [2.24, 2.45) is 0 Å². The molecule has 2 heterocycles. The van der Waals surface area contributed by atoms with Gasteiger partial charge in [0, 0.05) is 13.0 Å². The lowest BCUT2D eigenvalue weighted by Gasteiger charge is -2.23. The number of aliphatic hydroxyl groups excluding tert-OH is 1. The third kappa shape index (κ3) is 2.93. The second kappa shape index (κ2) is 5.54. The topological polar surface area (TPSA) is 103 Å². The lowest BCUT2D eigenvalue weighted by Crippen LogP contribution is -2.46. The highest BCUT2D eigenvalue weighted by Gasteiger charge is 2.39. The highest BCUT2D eigenvalue weighted by atomic mass is 16.4. The van der Waals surface area contributed by atoms with Crippen molar-refractivity contribution in [2.75, 3.05) is 6.54 Å². The minimum atomic E-state index is -1.11. The van der Waals surface area contributed by atoms with Gasteiger partial charge < -0.3 is 24.8 Å². The zero-order valence-electron chi connectivity index (χ0n) is 11.4. The van der Waals surface area contributed by atoms with Crippen LogP contribution >= 0.6 is 0 Å². The molecule has 1 aliphatic rings. The first-order valence-corrected chi connectivity index (χ1v) is 6.43. The first kappa shape index (κ1) is 14.4. The van der Waals surface area contributed by atoms with Gasteiger partial charge in [0.1, 0.15) is 17.6 Å². The summed E-state index contributed by atoms with van der Waals surface area (Å²) in [6, 6.07) is 1.67. The Hall–Kier alpha value is -2.02. The number of likely N-dealkylation sites (tertiary alicyclic amines) is 1. The number of aliphatic carboxylic acids is 1. The van der Waals surface area contributed by atoms with Crippen LogP contribution in [0.4, 0.5) is 4.79 Å². The van der Waals surface area contributed by atoms with Gasteiger partial charge in [0.05, 0.1) is 12.1 Å². The summed E-state index contributed by atoms with van der Waals surface area (Å²) in [4.78, 5) is 24.3. The van der Waals surface area contributed by atoms with Crippen LogP contribution < -0.4 is 5.32 Å². The predicted molar refractivity (Wildman–Crippen MR) is 69.1 cm³/mol. The quantitative estimate of drug-likeness (QED) is 0.763. The molecule has 3 N–H and O–H groups in total. The predicted octanol–water partition coefficient (Wildman–Crippen LogP) is 0.878. The average Bonchev–Trinajstić information content (AvgIpc) is 2.95. The molecule has 2 rings (SSSR count). The summed E-state index contributed by atoms with van der Waals surface area (Å²) in [6.45, 7) is 3.57. The number of carbonyl (C=O) groups excluding carboxylic acids is 1. The van der Waals surface area contributed by atoms with Gasteiger partial charge in [-0.15, -0.1) is 0 Å². The SMILES string of the molecule is Cc1ccc(C(C)NC(=O)N2CC(O)C[C@H]2C(=O)O)o1. The Morgan fingerprint density at radius 1 is 1.50 bits per heavy atom. The number of rotatable bonds is 3. The second-order valence-electron chi connectivity index (χ2n) is 5.02. The van der Waals surface area contributed by atoms with E-state index >= 15 is 0 Å². The fourth-order valence-electron chi connectivity index (χ4n) is 2.30. The summed E-state index contributed by atoms with van der Waals surface area (Å²) >= 11 is 0. The lowest BCUT2D eigenvalue weighted by atomic mass is 10.2. The minimum absolute atomic E-state index is 0.0205. The van der Waals surface area contributed by atoms with Crippen molar-refractivity contribution < 1.29 is 24.2 Å². The second-order valence-corrected chi connectivity index (χ2v) is 5.02. The molecule has 0 spiro atoms. The number of nitrogens with one attached hydrogen (secondary N) is 1. The molecule has 0 saturated carbocycles. The van der Waals surface area contributed by atoms with Crippen molar-refractivity contribution in [3.8, 4) is 0 Å². The van der Waals surface area contributed by atoms with Gasteiger partial charge >= 0.3 is 12.0 Å². The largest absolute Gasteiger partial charge is 0.480 e. The van der Waals surface area contributed by atoms with E-state index < -0.39 is 24.1 Å². The van der Waals surface area contributed by atoms with Gasteiger partial charge in [-0.25, -0.2) is 9.59 Å². The Morgan fingerprint density at radius 3 is 2.75 bits per heavy atom.